The number of unbranched alkanes of at least 4 members (excludes halogenated alkanes) is 16. The number of phosphoric acid groups is 1. The topological polar surface area (TPSA) is 108 Å². The van der Waals surface area contributed by atoms with E-state index in [1.807, 2.05) is 6.08 Å². The SMILES string of the molecule is CC/C=C\C/C=C\C/C=C\C/C=C\C/C=C\CCCC(=O)OC(COC(=O)CCCCCCCCCCCCCCCCCC)COP(=O)(O)OCC. The summed E-state index contributed by atoms with van der Waals surface area (Å²) in [7, 11) is -4.30. The van der Waals surface area contributed by atoms with Crippen molar-refractivity contribution in [2.45, 2.75) is 187 Å². The molecular formula is C44H77O8P. The Balaban J connectivity index is 4.19. The molecule has 0 saturated heterocycles. The fourth-order valence-electron chi connectivity index (χ4n) is 5.55. The summed E-state index contributed by atoms with van der Waals surface area (Å²) in [6, 6.07) is 0. The molecule has 0 aromatic carbocycles. The van der Waals surface area contributed by atoms with E-state index in [0.717, 1.165) is 51.4 Å². The van der Waals surface area contributed by atoms with Crippen molar-refractivity contribution in [2.75, 3.05) is 19.8 Å². The Kier molecular flexibility index (Phi) is 37.8. The first kappa shape index (κ1) is 50.8. The molecule has 0 aromatic heterocycles. The van der Waals surface area contributed by atoms with E-state index in [9.17, 15) is 19.0 Å². The first-order valence-corrected chi connectivity index (χ1v) is 22.6. The van der Waals surface area contributed by atoms with Gasteiger partial charge in [-0.2, -0.15) is 0 Å². The predicted octanol–water partition coefficient (Wildman–Crippen LogP) is 13.2. The molecule has 0 aromatic rings. The molecule has 0 aliphatic rings. The van der Waals surface area contributed by atoms with E-state index in [2.05, 4.69) is 68.5 Å². The minimum absolute atomic E-state index is 0.0116. The number of allylic oxidation sites excluding steroid dienone is 10. The van der Waals surface area contributed by atoms with Gasteiger partial charge in [-0.25, -0.2) is 4.57 Å². The molecule has 0 spiro atoms. The fraction of sp³-hybridized carbons (Fsp3) is 0.727. The lowest BCUT2D eigenvalue weighted by atomic mass is 10.0. The van der Waals surface area contributed by atoms with Gasteiger partial charge < -0.3 is 14.4 Å². The van der Waals surface area contributed by atoms with Crippen LogP contribution in [-0.4, -0.2) is 42.8 Å². The smallest absolute Gasteiger partial charge is 0.462 e. The van der Waals surface area contributed by atoms with Crippen LogP contribution in [0.25, 0.3) is 0 Å². The van der Waals surface area contributed by atoms with Gasteiger partial charge in [0.05, 0.1) is 13.2 Å². The van der Waals surface area contributed by atoms with Gasteiger partial charge in [0.15, 0.2) is 6.10 Å². The molecule has 2 atom stereocenters. The maximum Gasteiger partial charge on any atom is 0.472 e. The van der Waals surface area contributed by atoms with E-state index in [1.54, 1.807) is 6.92 Å². The Bertz CT molecular complexity index is 1050. The molecule has 8 nitrogen and oxygen atoms in total. The summed E-state index contributed by atoms with van der Waals surface area (Å²) in [6.45, 7) is 5.30. The van der Waals surface area contributed by atoms with Crippen LogP contribution >= 0.6 is 7.82 Å². The third-order valence-electron chi connectivity index (χ3n) is 8.59. The van der Waals surface area contributed by atoms with Crippen molar-refractivity contribution in [2.24, 2.45) is 0 Å². The number of hydrogen-bond donors (Lipinski definition) is 1. The molecule has 0 bridgehead atoms. The van der Waals surface area contributed by atoms with Gasteiger partial charge >= 0.3 is 19.8 Å². The molecule has 0 rings (SSSR count). The van der Waals surface area contributed by atoms with E-state index < -0.39 is 26.5 Å². The first-order valence-electron chi connectivity index (χ1n) is 21.1. The third-order valence-corrected chi connectivity index (χ3v) is 9.65. The molecule has 0 heterocycles. The Morgan fingerprint density at radius 3 is 1.43 bits per heavy atom. The summed E-state index contributed by atoms with van der Waals surface area (Å²) in [6.07, 6.45) is 47.1. The summed E-state index contributed by atoms with van der Waals surface area (Å²) in [5.41, 5.74) is 0. The van der Waals surface area contributed by atoms with Crippen molar-refractivity contribution < 1.29 is 37.6 Å². The average molecular weight is 765 g/mol. The number of esters is 2. The summed E-state index contributed by atoms with van der Waals surface area (Å²) in [5, 5.41) is 0. The molecule has 0 aliphatic carbocycles. The minimum atomic E-state index is -4.30. The van der Waals surface area contributed by atoms with Crippen LogP contribution in [0.5, 0.6) is 0 Å². The van der Waals surface area contributed by atoms with E-state index in [1.165, 1.54) is 83.5 Å². The monoisotopic (exact) mass is 765 g/mol. The number of carbonyl (C=O) groups excluding carboxylic acids is 2. The summed E-state index contributed by atoms with van der Waals surface area (Å²) >= 11 is 0. The zero-order chi connectivity index (χ0) is 38.9. The van der Waals surface area contributed by atoms with E-state index in [4.69, 9.17) is 18.5 Å². The highest BCUT2D eigenvalue weighted by Gasteiger charge is 2.25. The second-order valence-electron chi connectivity index (χ2n) is 13.6. The lowest BCUT2D eigenvalue weighted by molar-refractivity contribution is -0.161. The Morgan fingerprint density at radius 1 is 0.528 bits per heavy atom. The number of ether oxygens (including phenoxy) is 2. The van der Waals surface area contributed by atoms with Crippen LogP contribution in [0.3, 0.4) is 0 Å². The van der Waals surface area contributed by atoms with Gasteiger partial charge in [0, 0.05) is 12.8 Å². The molecule has 0 aliphatic heterocycles. The quantitative estimate of drug-likeness (QED) is 0.0286. The van der Waals surface area contributed by atoms with Crippen LogP contribution in [0.2, 0.25) is 0 Å². The highest BCUT2D eigenvalue weighted by molar-refractivity contribution is 7.47. The maximum atomic E-state index is 12.5. The van der Waals surface area contributed by atoms with Crippen LogP contribution in [0, 0.1) is 0 Å². The van der Waals surface area contributed by atoms with Crippen LogP contribution < -0.4 is 0 Å². The highest BCUT2D eigenvalue weighted by Crippen LogP contribution is 2.43. The van der Waals surface area contributed by atoms with Gasteiger partial charge in [0.25, 0.3) is 0 Å². The van der Waals surface area contributed by atoms with E-state index in [0.29, 0.717) is 12.8 Å². The molecule has 0 saturated carbocycles. The summed E-state index contributed by atoms with van der Waals surface area (Å²) < 4.78 is 32.6. The second kappa shape index (κ2) is 39.4. The predicted molar refractivity (Wildman–Crippen MR) is 221 cm³/mol. The van der Waals surface area contributed by atoms with Crippen molar-refractivity contribution in [1.82, 2.24) is 0 Å². The van der Waals surface area contributed by atoms with Crippen LogP contribution in [0.15, 0.2) is 60.8 Å². The molecule has 0 fully saturated rings. The van der Waals surface area contributed by atoms with Crippen molar-refractivity contribution in [3.63, 3.8) is 0 Å². The zero-order valence-electron chi connectivity index (χ0n) is 33.9. The van der Waals surface area contributed by atoms with Crippen molar-refractivity contribution in [3.05, 3.63) is 60.8 Å². The van der Waals surface area contributed by atoms with Crippen molar-refractivity contribution in [3.8, 4) is 0 Å². The molecule has 0 amide bonds. The van der Waals surface area contributed by atoms with Crippen molar-refractivity contribution >= 4 is 19.8 Å². The van der Waals surface area contributed by atoms with Gasteiger partial charge in [-0.15, -0.1) is 0 Å². The first-order chi connectivity index (χ1) is 25.8. The van der Waals surface area contributed by atoms with Gasteiger partial charge in [-0.1, -0.05) is 171 Å². The van der Waals surface area contributed by atoms with Crippen LogP contribution in [-0.2, 0) is 32.7 Å². The number of hydrogen-bond acceptors (Lipinski definition) is 7. The second-order valence-corrected chi connectivity index (χ2v) is 15.1. The van der Waals surface area contributed by atoms with Gasteiger partial charge in [0.2, 0.25) is 0 Å². The summed E-state index contributed by atoms with van der Waals surface area (Å²) in [5.74, 6) is -0.865. The van der Waals surface area contributed by atoms with Gasteiger partial charge in [0.1, 0.15) is 6.61 Å². The molecule has 0 radical (unpaired) electrons. The van der Waals surface area contributed by atoms with E-state index in [-0.39, 0.29) is 32.0 Å². The molecular weight excluding hydrogens is 687 g/mol. The minimum Gasteiger partial charge on any atom is -0.462 e. The van der Waals surface area contributed by atoms with Crippen molar-refractivity contribution in [1.29, 1.82) is 0 Å². The zero-order valence-corrected chi connectivity index (χ0v) is 34.8. The molecule has 53 heavy (non-hydrogen) atoms. The Morgan fingerprint density at radius 2 is 0.962 bits per heavy atom. The van der Waals surface area contributed by atoms with Crippen LogP contribution in [0.1, 0.15) is 181 Å². The fourth-order valence-corrected chi connectivity index (χ4v) is 6.30. The standard InChI is InChI=1S/C44H77O8P/c1-4-7-9-11-13-15-17-19-21-23-25-27-29-31-33-35-37-39-44(46)52-42(41-51-53(47,48)50-6-3)40-49-43(45)38-36-34-32-30-28-26-24-22-20-18-16-14-12-10-8-5-2/h7,9,13,15,19,21,25,27,31,33,42H,4-6,8,10-12,14,16-18,20,22-24,26,28-30,32,34-41H2,1-3H3,(H,47,48)/b9-7-,15-13-,21-19-,27-25-,33-31-. The molecule has 9 heteroatoms. The Labute approximate surface area is 324 Å². The summed E-state index contributed by atoms with van der Waals surface area (Å²) in [4.78, 5) is 34.7. The van der Waals surface area contributed by atoms with Gasteiger partial charge in [-0.05, 0) is 58.3 Å². The number of phosphoric ester groups is 1. The van der Waals surface area contributed by atoms with E-state index >= 15 is 0 Å². The Hall–Kier alpha value is -2.25. The largest absolute Gasteiger partial charge is 0.472 e. The highest BCUT2D eigenvalue weighted by atomic mass is 31.2. The molecule has 1 N–H and O–H groups in total. The normalized spacial score (nSPS) is 14.0. The van der Waals surface area contributed by atoms with Gasteiger partial charge in [-0.3, -0.25) is 18.6 Å². The number of rotatable bonds is 38. The maximum absolute atomic E-state index is 12.5. The lowest BCUT2D eigenvalue weighted by Gasteiger charge is -2.19. The molecule has 306 valence electrons. The molecule has 2 unspecified atom stereocenters. The average Bonchev–Trinajstić information content (AvgIpc) is 3.13. The third kappa shape index (κ3) is 39.3. The lowest BCUT2D eigenvalue weighted by Crippen LogP contribution is -2.29. The number of carbonyl (C=O) groups is 2. The van der Waals surface area contributed by atoms with Crippen LogP contribution in [0.4, 0.5) is 0 Å².